The molecule has 0 saturated heterocycles. The van der Waals surface area contributed by atoms with Crippen LogP contribution >= 0.6 is 0 Å². The van der Waals surface area contributed by atoms with Crippen molar-refractivity contribution in [3.05, 3.63) is 23.8 Å². The van der Waals surface area contributed by atoms with E-state index in [0.29, 0.717) is 23.7 Å². The number of esters is 1. The fourth-order valence-corrected chi connectivity index (χ4v) is 1.73. The maximum atomic E-state index is 11.6. The Bertz CT molecular complexity index is 530. The number of carboxylic acid groups (broad SMARTS) is 1. The van der Waals surface area contributed by atoms with Gasteiger partial charge in [-0.3, -0.25) is 4.79 Å². The van der Waals surface area contributed by atoms with Crippen LogP contribution in [-0.4, -0.2) is 35.9 Å². The van der Waals surface area contributed by atoms with Crippen LogP contribution in [0.2, 0.25) is 0 Å². The predicted octanol–water partition coefficient (Wildman–Crippen LogP) is 2.43. The van der Waals surface area contributed by atoms with E-state index in [1.165, 1.54) is 0 Å². The van der Waals surface area contributed by atoms with E-state index in [1.807, 2.05) is 6.92 Å². The Balaban J connectivity index is 2.76. The number of carbonyl (C=O) groups is 2. The number of hydrogen-bond donors (Lipinski definition) is 1. The van der Waals surface area contributed by atoms with Gasteiger partial charge in [0.15, 0.2) is 18.1 Å². The molecule has 1 rings (SSSR count). The van der Waals surface area contributed by atoms with Gasteiger partial charge in [0.25, 0.3) is 0 Å². The number of hydrogen-bond acceptors (Lipinski definition) is 5. The summed E-state index contributed by atoms with van der Waals surface area (Å²) in [6.07, 6.45) is -0.105. The summed E-state index contributed by atoms with van der Waals surface area (Å²) < 4.78 is 16.0. The number of aliphatic carboxylic acids is 1. The van der Waals surface area contributed by atoms with Gasteiger partial charge in [-0.15, -0.1) is 0 Å². The second kappa shape index (κ2) is 7.68. The maximum Gasteiger partial charge on any atom is 0.344 e. The van der Waals surface area contributed by atoms with Gasteiger partial charge in [-0.2, -0.15) is 0 Å². The summed E-state index contributed by atoms with van der Waals surface area (Å²) in [7, 11) is 0. The molecule has 0 unspecified atom stereocenters. The van der Waals surface area contributed by atoms with Gasteiger partial charge in [-0.05, 0) is 45.4 Å². The highest BCUT2D eigenvalue weighted by molar-refractivity contribution is 5.72. The molecule has 0 atom stereocenters. The van der Waals surface area contributed by atoms with Crippen LogP contribution in [0.5, 0.6) is 11.5 Å². The van der Waals surface area contributed by atoms with E-state index >= 15 is 0 Å². The monoisotopic (exact) mass is 310 g/mol. The van der Waals surface area contributed by atoms with Gasteiger partial charge in [-0.1, -0.05) is 6.07 Å². The molecule has 0 amide bonds. The lowest BCUT2D eigenvalue weighted by Crippen LogP contribution is -2.27. The number of ether oxygens (including phenoxy) is 3. The SMILES string of the molecule is CCOc1cc(CC(=O)O)ccc1OCC(=O)OC(C)(C)C. The first-order valence-corrected chi connectivity index (χ1v) is 7.03. The maximum absolute atomic E-state index is 11.6. The first-order chi connectivity index (χ1) is 10.2. The molecule has 22 heavy (non-hydrogen) atoms. The van der Waals surface area contributed by atoms with E-state index in [-0.39, 0.29) is 13.0 Å². The molecule has 6 heteroatoms. The first kappa shape index (κ1) is 17.8. The summed E-state index contributed by atoms with van der Waals surface area (Å²) in [5.41, 5.74) is 0.0229. The Morgan fingerprint density at radius 1 is 1.14 bits per heavy atom. The van der Waals surface area contributed by atoms with Gasteiger partial charge in [0.05, 0.1) is 13.0 Å². The fourth-order valence-electron chi connectivity index (χ4n) is 1.73. The van der Waals surface area contributed by atoms with Crippen LogP contribution in [0.1, 0.15) is 33.3 Å². The molecular formula is C16H22O6. The molecule has 1 aromatic rings. The molecule has 1 aromatic carbocycles. The zero-order valence-electron chi connectivity index (χ0n) is 13.3. The third-order valence-corrected chi connectivity index (χ3v) is 2.43. The molecule has 0 saturated carbocycles. The van der Waals surface area contributed by atoms with Gasteiger partial charge < -0.3 is 19.3 Å². The lowest BCUT2D eigenvalue weighted by Gasteiger charge is -2.20. The quantitative estimate of drug-likeness (QED) is 0.779. The number of carbonyl (C=O) groups excluding carboxylic acids is 1. The summed E-state index contributed by atoms with van der Waals surface area (Å²) >= 11 is 0. The summed E-state index contributed by atoms with van der Waals surface area (Å²) in [4.78, 5) is 22.4. The third-order valence-electron chi connectivity index (χ3n) is 2.43. The second-order valence-electron chi connectivity index (χ2n) is 5.66. The van der Waals surface area contributed by atoms with Crippen molar-refractivity contribution >= 4 is 11.9 Å². The van der Waals surface area contributed by atoms with Crippen LogP contribution in [0, 0.1) is 0 Å². The highest BCUT2D eigenvalue weighted by atomic mass is 16.6. The third kappa shape index (κ3) is 6.47. The molecule has 122 valence electrons. The Hall–Kier alpha value is -2.24. The molecule has 6 nitrogen and oxygen atoms in total. The molecule has 0 heterocycles. The summed E-state index contributed by atoms with van der Waals surface area (Å²) in [6, 6.07) is 4.82. The Labute approximate surface area is 130 Å². The highest BCUT2D eigenvalue weighted by Gasteiger charge is 2.17. The van der Waals surface area contributed by atoms with E-state index < -0.39 is 17.5 Å². The van der Waals surface area contributed by atoms with Gasteiger partial charge in [-0.25, -0.2) is 4.79 Å². The molecule has 0 spiro atoms. The largest absolute Gasteiger partial charge is 0.490 e. The van der Waals surface area contributed by atoms with E-state index in [4.69, 9.17) is 19.3 Å². The number of carboxylic acids is 1. The molecule has 0 fully saturated rings. The lowest BCUT2D eigenvalue weighted by molar-refractivity contribution is -0.157. The number of rotatable bonds is 7. The molecule has 0 aromatic heterocycles. The van der Waals surface area contributed by atoms with Crippen LogP contribution in [0.3, 0.4) is 0 Å². The topological polar surface area (TPSA) is 82.1 Å². The van der Waals surface area contributed by atoms with Gasteiger partial charge >= 0.3 is 11.9 Å². The highest BCUT2D eigenvalue weighted by Crippen LogP contribution is 2.29. The van der Waals surface area contributed by atoms with Crippen LogP contribution in [-0.2, 0) is 20.7 Å². The van der Waals surface area contributed by atoms with Gasteiger partial charge in [0, 0.05) is 0 Å². The van der Waals surface area contributed by atoms with Crippen molar-refractivity contribution in [1.82, 2.24) is 0 Å². The fraction of sp³-hybridized carbons (Fsp3) is 0.500. The van der Waals surface area contributed by atoms with Crippen LogP contribution in [0.25, 0.3) is 0 Å². The first-order valence-electron chi connectivity index (χ1n) is 7.03. The molecule has 1 N–H and O–H groups in total. The smallest absolute Gasteiger partial charge is 0.344 e. The van der Waals surface area contributed by atoms with Crippen molar-refractivity contribution in [1.29, 1.82) is 0 Å². The summed E-state index contributed by atoms with van der Waals surface area (Å²) in [5, 5.41) is 8.81. The van der Waals surface area contributed by atoms with Crippen LogP contribution in [0.15, 0.2) is 18.2 Å². The van der Waals surface area contributed by atoms with E-state index in [9.17, 15) is 9.59 Å². The molecule has 0 radical (unpaired) electrons. The number of benzene rings is 1. The Morgan fingerprint density at radius 3 is 2.36 bits per heavy atom. The lowest BCUT2D eigenvalue weighted by atomic mass is 10.1. The van der Waals surface area contributed by atoms with E-state index in [1.54, 1.807) is 39.0 Å². The average molecular weight is 310 g/mol. The Kier molecular flexibility index (Phi) is 6.22. The van der Waals surface area contributed by atoms with Crippen molar-refractivity contribution in [2.75, 3.05) is 13.2 Å². The standard InChI is InChI=1S/C16H22O6/c1-5-20-13-8-11(9-14(17)18)6-7-12(13)21-10-15(19)22-16(2,3)4/h6-8H,5,9-10H2,1-4H3,(H,17,18). The minimum absolute atomic E-state index is 0.105. The van der Waals surface area contributed by atoms with Crippen molar-refractivity contribution in [3.8, 4) is 11.5 Å². The normalized spacial score (nSPS) is 10.9. The molecule has 0 aliphatic rings. The van der Waals surface area contributed by atoms with Crippen molar-refractivity contribution in [2.45, 2.75) is 39.7 Å². The zero-order chi connectivity index (χ0) is 16.8. The van der Waals surface area contributed by atoms with Gasteiger partial charge in [0.2, 0.25) is 0 Å². The zero-order valence-corrected chi connectivity index (χ0v) is 13.3. The summed E-state index contributed by atoms with van der Waals surface area (Å²) in [5.74, 6) is -0.624. The second-order valence-corrected chi connectivity index (χ2v) is 5.66. The molecule has 0 bridgehead atoms. The average Bonchev–Trinajstić information content (AvgIpc) is 2.35. The molecular weight excluding hydrogens is 288 g/mol. The predicted molar refractivity (Wildman–Crippen MR) is 80.3 cm³/mol. The molecule has 0 aliphatic carbocycles. The Morgan fingerprint density at radius 2 is 1.82 bits per heavy atom. The van der Waals surface area contributed by atoms with E-state index in [2.05, 4.69) is 0 Å². The molecule has 0 aliphatic heterocycles. The van der Waals surface area contributed by atoms with Gasteiger partial charge in [0.1, 0.15) is 5.60 Å². The van der Waals surface area contributed by atoms with Crippen molar-refractivity contribution in [3.63, 3.8) is 0 Å². The van der Waals surface area contributed by atoms with Crippen molar-refractivity contribution in [2.24, 2.45) is 0 Å². The van der Waals surface area contributed by atoms with Crippen LogP contribution in [0.4, 0.5) is 0 Å². The van der Waals surface area contributed by atoms with Crippen LogP contribution < -0.4 is 9.47 Å². The van der Waals surface area contributed by atoms with Crippen molar-refractivity contribution < 1.29 is 28.9 Å². The minimum Gasteiger partial charge on any atom is -0.490 e. The van der Waals surface area contributed by atoms with E-state index in [0.717, 1.165) is 0 Å². The minimum atomic E-state index is -0.926. The summed E-state index contributed by atoms with van der Waals surface area (Å²) in [6.45, 7) is 7.29.